The van der Waals surface area contributed by atoms with E-state index in [9.17, 15) is 10.1 Å². The molecular formula is C13H15N3O3S. The van der Waals surface area contributed by atoms with Crippen molar-refractivity contribution in [2.75, 3.05) is 13.2 Å². The Bertz CT molecular complexity index is 622. The summed E-state index contributed by atoms with van der Waals surface area (Å²) in [5, 5.41) is 14.7. The zero-order valence-corrected chi connectivity index (χ0v) is 11.7. The molecule has 1 saturated heterocycles. The number of hydrogen-bond acceptors (Lipinski definition) is 6. The first kappa shape index (κ1) is 13.3. The van der Waals surface area contributed by atoms with E-state index < -0.39 is 4.92 Å². The van der Waals surface area contributed by atoms with Crippen molar-refractivity contribution >= 4 is 27.2 Å². The van der Waals surface area contributed by atoms with Crippen LogP contribution >= 0.6 is 11.3 Å². The van der Waals surface area contributed by atoms with Crippen molar-refractivity contribution in [3.05, 3.63) is 28.3 Å². The van der Waals surface area contributed by atoms with E-state index in [1.54, 1.807) is 6.07 Å². The van der Waals surface area contributed by atoms with E-state index in [0.717, 1.165) is 17.7 Å². The molecule has 1 aromatic carbocycles. The van der Waals surface area contributed by atoms with Gasteiger partial charge in [-0.2, -0.15) is 0 Å². The second kappa shape index (κ2) is 5.72. The van der Waals surface area contributed by atoms with Crippen molar-refractivity contribution in [1.29, 1.82) is 0 Å². The van der Waals surface area contributed by atoms with Gasteiger partial charge in [0, 0.05) is 18.2 Å². The lowest BCUT2D eigenvalue weighted by Gasteiger charge is -2.22. The molecule has 0 amide bonds. The van der Waals surface area contributed by atoms with Crippen LogP contribution in [0.1, 0.15) is 19.3 Å². The average molecular weight is 293 g/mol. The number of ether oxygens (including phenoxy) is 1. The number of non-ortho nitro benzene ring substituents is 1. The average Bonchev–Trinajstić information content (AvgIpc) is 2.88. The third-order valence-corrected chi connectivity index (χ3v) is 4.33. The Kier molecular flexibility index (Phi) is 3.79. The lowest BCUT2D eigenvalue weighted by atomic mass is 10.1. The molecule has 1 aliphatic rings. The highest BCUT2D eigenvalue weighted by Gasteiger charge is 2.15. The number of thiazole rings is 1. The van der Waals surface area contributed by atoms with Crippen molar-refractivity contribution in [2.24, 2.45) is 0 Å². The molecule has 106 valence electrons. The normalized spacial score (nSPS) is 19.1. The lowest BCUT2D eigenvalue weighted by molar-refractivity contribution is -0.384. The molecule has 2 aromatic rings. The van der Waals surface area contributed by atoms with Crippen LogP contribution in [0.2, 0.25) is 0 Å². The van der Waals surface area contributed by atoms with Crippen LogP contribution < -0.4 is 10.1 Å². The molecule has 1 aromatic heterocycles. The van der Waals surface area contributed by atoms with Gasteiger partial charge in [0.2, 0.25) is 0 Å². The maximum absolute atomic E-state index is 10.7. The molecule has 1 fully saturated rings. The van der Waals surface area contributed by atoms with Crippen molar-refractivity contribution in [3.8, 4) is 5.19 Å². The molecule has 20 heavy (non-hydrogen) atoms. The van der Waals surface area contributed by atoms with Gasteiger partial charge < -0.3 is 10.1 Å². The SMILES string of the molecule is O=[N+]([O-])c1ccc2sc(OC[C@H]3CCCCN3)nc2c1. The van der Waals surface area contributed by atoms with Gasteiger partial charge in [0.05, 0.1) is 15.1 Å². The summed E-state index contributed by atoms with van der Waals surface area (Å²) >= 11 is 1.42. The molecule has 1 atom stereocenters. The fraction of sp³-hybridized carbons (Fsp3) is 0.462. The number of benzene rings is 1. The van der Waals surface area contributed by atoms with Crippen LogP contribution in [0.15, 0.2) is 18.2 Å². The van der Waals surface area contributed by atoms with Crippen LogP contribution in [0.4, 0.5) is 5.69 Å². The predicted octanol–water partition coefficient (Wildman–Crippen LogP) is 2.73. The van der Waals surface area contributed by atoms with Crippen molar-refractivity contribution < 1.29 is 9.66 Å². The van der Waals surface area contributed by atoms with Crippen LogP contribution in [0.25, 0.3) is 10.2 Å². The van der Waals surface area contributed by atoms with Crippen LogP contribution in [0.5, 0.6) is 5.19 Å². The van der Waals surface area contributed by atoms with E-state index in [1.165, 1.54) is 36.3 Å². The van der Waals surface area contributed by atoms with Gasteiger partial charge in [-0.1, -0.05) is 17.8 Å². The van der Waals surface area contributed by atoms with Crippen molar-refractivity contribution in [1.82, 2.24) is 10.3 Å². The molecule has 3 rings (SSSR count). The Labute approximate surface area is 119 Å². The van der Waals surface area contributed by atoms with E-state index in [1.807, 2.05) is 0 Å². The molecule has 1 N–H and O–H groups in total. The van der Waals surface area contributed by atoms with Crippen LogP contribution in [-0.2, 0) is 0 Å². The van der Waals surface area contributed by atoms with Crippen LogP contribution in [-0.4, -0.2) is 29.1 Å². The summed E-state index contributed by atoms with van der Waals surface area (Å²) < 4.78 is 6.61. The highest BCUT2D eigenvalue weighted by molar-refractivity contribution is 7.20. The monoisotopic (exact) mass is 293 g/mol. The quantitative estimate of drug-likeness (QED) is 0.692. The lowest BCUT2D eigenvalue weighted by Crippen LogP contribution is -2.38. The molecule has 0 bridgehead atoms. The van der Waals surface area contributed by atoms with Crippen LogP contribution in [0.3, 0.4) is 0 Å². The van der Waals surface area contributed by atoms with E-state index in [0.29, 0.717) is 23.4 Å². The first-order valence-electron chi connectivity index (χ1n) is 6.63. The number of aromatic nitrogens is 1. The van der Waals surface area contributed by atoms with E-state index in [-0.39, 0.29) is 5.69 Å². The Morgan fingerprint density at radius 3 is 3.15 bits per heavy atom. The Morgan fingerprint density at radius 1 is 1.50 bits per heavy atom. The first-order valence-corrected chi connectivity index (χ1v) is 7.45. The molecule has 1 aliphatic heterocycles. The second-order valence-corrected chi connectivity index (χ2v) is 5.84. The zero-order valence-electron chi connectivity index (χ0n) is 10.9. The minimum Gasteiger partial charge on any atom is -0.468 e. The molecule has 0 spiro atoms. The highest BCUT2D eigenvalue weighted by Crippen LogP contribution is 2.30. The van der Waals surface area contributed by atoms with E-state index in [2.05, 4.69) is 10.3 Å². The summed E-state index contributed by atoms with van der Waals surface area (Å²) in [5.41, 5.74) is 0.680. The standard InChI is InChI=1S/C13H15N3O3S/c17-16(18)10-4-5-12-11(7-10)15-13(20-12)19-8-9-3-1-2-6-14-9/h4-5,7,9,14H,1-3,6,8H2/t9-/m1/s1. The summed E-state index contributed by atoms with van der Waals surface area (Å²) in [4.78, 5) is 14.6. The Hall–Kier alpha value is -1.73. The zero-order chi connectivity index (χ0) is 13.9. The van der Waals surface area contributed by atoms with Gasteiger partial charge in [-0.15, -0.1) is 0 Å². The van der Waals surface area contributed by atoms with E-state index in [4.69, 9.17) is 4.74 Å². The highest BCUT2D eigenvalue weighted by atomic mass is 32.1. The Balaban J connectivity index is 1.70. The number of nitro benzene ring substituents is 1. The third kappa shape index (κ3) is 2.88. The first-order chi connectivity index (χ1) is 9.72. The maximum Gasteiger partial charge on any atom is 0.274 e. The molecule has 0 radical (unpaired) electrons. The fourth-order valence-corrected chi connectivity index (χ4v) is 3.11. The van der Waals surface area contributed by atoms with Gasteiger partial charge >= 0.3 is 0 Å². The van der Waals surface area contributed by atoms with Gasteiger partial charge in [0.1, 0.15) is 6.61 Å². The molecule has 0 saturated carbocycles. The second-order valence-electron chi connectivity index (χ2n) is 4.85. The molecular weight excluding hydrogens is 278 g/mol. The number of piperidine rings is 1. The summed E-state index contributed by atoms with van der Waals surface area (Å²) in [7, 11) is 0. The number of rotatable bonds is 4. The summed E-state index contributed by atoms with van der Waals surface area (Å²) in [5.74, 6) is 0. The number of nitrogens with one attached hydrogen (secondary N) is 1. The summed E-state index contributed by atoms with van der Waals surface area (Å²) in [6.45, 7) is 1.64. The Morgan fingerprint density at radius 2 is 2.40 bits per heavy atom. The largest absolute Gasteiger partial charge is 0.468 e. The predicted molar refractivity (Wildman–Crippen MR) is 77.4 cm³/mol. The van der Waals surface area contributed by atoms with Gasteiger partial charge in [0.25, 0.3) is 10.9 Å². The third-order valence-electron chi connectivity index (χ3n) is 3.38. The molecule has 0 aliphatic carbocycles. The molecule has 7 heteroatoms. The number of fused-ring (bicyclic) bond motifs is 1. The number of hydrogen-bond donors (Lipinski definition) is 1. The van der Waals surface area contributed by atoms with Gasteiger partial charge in [0.15, 0.2) is 0 Å². The topological polar surface area (TPSA) is 77.3 Å². The molecule has 0 unspecified atom stereocenters. The minimum atomic E-state index is -0.411. The summed E-state index contributed by atoms with van der Waals surface area (Å²) in [6, 6.07) is 5.08. The molecule has 6 nitrogen and oxygen atoms in total. The molecule has 2 heterocycles. The van der Waals surface area contributed by atoms with Gasteiger partial charge in [-0.3, -0.25) is 10.1 Å². The van der Waals surface area contributed by atoms with Gasteiger partial charge in [-0.05, 0) is 25.5 Å². The van der Waals surface area contributed by atoms with Crippen molar-refractivity contribution in [2.45, 2.75) is 25.3 Å². The maximum atomic E-state index is 10.7. The summed E-state index contributed by atoms with van der Waals surface area (Å²) in [6.07, 6.45) is 3.57. The van der Waals surface area contributed by atoms with Crippen LogP contribution in [0, 0.1) is 10.1 Å². The number of nitro groups is 1. The minimum absolute atomic E-state index is 0.0586. The van der Waals surface area contributed by atoms with Gasteiger partial charge in [-0.25, -0.2) is 4.98 Å². The van der Waals surface area contributed by atoms with Crippen molar-refractivity contribution in [3.63, 3.8) is 0 Å². The number of nitrogens with zero attached hydrogens (tertiary/aromatic N) is 2. The smallest absolute Gasteiger partial charge is 0.274 e. The fourth-order valence-electron chi connectivity index (χ4n) is 2.31. The van der Waals surface area contributed by atoms with E-state index >= 15 is 0 Å².